The number of halogens is 1. The number of hydrogen-bond donors (Lipinski definition) is 1. The number of amides is 2. The molecule has 1 aliphatic rings. The second-order valence-electron chi connectivity index (χ2n) is 7.12. The summed E-state index contributed by atoms with van der Waals surface area (Å²) >= 11 is 0. The van der Waals surface area contributed by atoms with E-state index in [9.17, 15) is 14.0 Å². The lowest BCUT2D eigenvalue weighted by molar-refractivity contribution is 0.0167. The van der Waals surface area contributed by atoms with Crippen molar-refractivity contribution < 1.29 is 18.7 Å². The maximum Gasteiger partial charge on any atom is 0.410 e. The molecule has 0 aromatic heterocycles. The van der Waals surface area contributed by atoms with Gasteiger partial charge in [0.15, 0.2) is 0 Å². The first-order valence-corrected chi connectivity index (χ1v) is 8.27. The van der Waals surface area contributed by atoms with E-state index in [1.807, 2.05) is 20.8 Å². The van der Waals surface area contributed by atoms with E-state index < -0.39 is 17.3 Å². The molecule has 0 bridgehead atoms. The molecule has 6 heteroatoms. The number of rotatable bonds is 3. The summed E-state index contributed by atoms with van der Waals surface area (Å²) < 4.78 is 19.0. The minimum atomic E-state index is -0.533. The average Bonchev–Trinajstić information content (AvgIpc) is 2.52. The fourth-order valence-electron chi connectivity index (χ4n) is 2.70. The van der Waals surface area contributed by atoms with Crippen molar-refractivity contribution >= 4 is 12.0 Å². The van der Waals surface area contributed by atoms with E-state index in [2.05, 4.69) is 5.32 Å². The summed E-state index contributed by atoms with van der Waals surface area (Å²) in [5, 5.41) is 2.76. The first-order valence-electron chi connectivity index (χ1n) is 8.27. The van der Waals surface area contributed by atoms with E-state index in [-0.39, 0.29) is 17.6 Å². The van der Waals surface area contributed by atoms with Crippen LogP contribution in [0.2, 0.25) is 0 Å². The number of carbonyl (C=O) groups excluding carboxylic acids is 2. The van der Waals surface area contributed by atoms with Crippen molar-refractivity contribution in [1.29, 1.82) is 0 Å². The summed E-state index contributed by atoms with van der Waals surface area (Å²) in [5.41, 5.74) is -0.486. The molecule has 1 fully saturated rings. The SMILES string of the molecule is CC(C)(C)OC(=O)N1CCC[C@@H](CNC(=O)c2ccccc2F)C1. The standard InChI is InChI=1S/C18H25FN2O3/c1-18(2,3)24-17(23)21-10-6-7-13(12-21)11-20-16(22)14-8-4-5-9-15(14)19/h4-5,8-9,13H,6-7,10-12H2,1-3H3,(H,20,22)/t13-/m0/s1. The molecule has 1 aromatic carbocycles. The van der Waals surface area contributed by atoms with Gasteiger partial charge in [0.25, 0.3) is 5.91 Å². The van der Waals surface area contributed by atoms with Crippen LogP contribution in [0.4, 0.5) is 9.18 Å². The van der Waals surface area contributed by atoms with E-state index in [4.69, 9.17) is 4.74 Å². The lowest BCUT2D eigenvalue weighted by Crippen LogP contribution is -2.45. The number of carbonyl (C=O) groups is 2. The predicted octanol–water partition coefficient (Wildman–Crippen LogP) is 3.20. The Hall–Kier alpha value is -2.11. The minimum Gasteiger partial charge on any atom is -0.444 e. The molecule has 1 heterocycles. The van der Waals surface area contributed by atoms with Crippen molar-refractivity contribution in [1.82, 2.24) is 10.2 Å². The Morgan fingerprint density at radius 3 is 2.71 bits per heavy atom. The molecule has 0 saturated carbocycles. The van der Waals surface area contributed by atoms with Crippen molar-refractivity contribution in [3.63, 3.8) is 0 Å². The van der Waals surface area contributed by atoms with Gasteiger partial charge in [0.1, 0.15) is 11.4 Å². The molecule has 1 N–H and O–H groups in total. The average molecular weight is 336 g/mol. The van der Waals surface area contributed by atoms with Crippen LogP contribution in [0.25, 0.3) is 0 Å². The van der Waals surface area contributed by atoms with Crippen LogP contribution in [0, 0.1) is 11.7 Å². The molecular formula is C18H25FN2O3. The monoisotopic (exact) mass is 336 g/mol. The fourth-order valence-corrected chi connectivity index (χ4v) is 2.70. The normalized spacial score (nSPS) is 18.2. The van der Waals surface area contributed by atoms with Crippen LogP contribution in [0.3, 0.4) is 0 Å². The number of ether oxygens (including phenoxy) is 1. The Balaban J connectivity index is 1.86. The number of benzene rings is 1. The maximum atomic E-state index is 13.6. The van der Waals surface area contributed by atoms with Gasteiger partial charge in [-0.05, 0) is 51.7 Å². The molecule has 0 spiro atoms. The van der Waals surface area contributed by atoms with Gasteiger partial charge >= 0.3 is 6.09 Å². The van der Waals surface area contributed by atoms with Crippen molar-refractivity contribution in [3.05, 3.63) is 35.6 Å². The number of hydrogen-bond acceptors (Lipinski definition) is 3. The van der Waals surface area contributed by atoms with Crippen LogP contribution in [0.5, 0.6) is 0 Å². The first-order chi connectivity index (χ1) is 11.3. The van der Waals surface area contributed by atoms with Gasteiger partial charge in [-0.1, -0.05) is 12.1 Å². The Bertz CT molecular complexity index is 598. The van der Waals surface area contributed by atoms with E-state index in [0.29, 0.717) is 19.6 Å². The molecule has 2 rings (SSSR count). The van der Waals surface area contributed by atoms with Gasteiger partial charge in [-0.25, -0.2) is 9.18 Å². The van der Waals surface area contributed by atoms with Crippen LogP contribution in [0.15, 0.2) is 24.3 Å². The second-order valence-corrected chi connectivity index (χ2v) is 7.12. The van der Waals surface area contributed by atoms with Gasteiger partial charge < -0.3 is 15.0 Å². The summed E-state index contributed by atoms with van der Waals surface area (Å²) in [5.74, 6) is -0.821. The smallest absolute Gasteiger partial charge is 0.410 e. The molecule has 1 atom stereocenters. The van der Waals surface area contributed by atoms with Crippen LogP contribution < -0.4 is 5.32 Å². The molecular weight excluding hydrogens is 311 g/mol. The highest BCUT2D eigenvalue weighted by molar-refractivity contribution is 5.94. The topological polar surface area (TPSA) is 58.6 Å². The van der Waals surface area contributed by atoms with Crippen LogP contribution >= 0.6 is 0 Å². The molecule has 1 aliphatic heterocycles. The maximum absolute atomic E-state index is 13.6. The summed E-state index contributed by atoms with van der Waals surface area (Å²) in [6, 6.07) is 5.90. The van der Waals surface area contributed by atoms with Gasteiger partial charge in [-0.15, -0.1) is 0 Å². The largest absolute Gasteiger partial charge is 0.444 e. The molecule has 2 amide bonds. The van der Waals surface area contributed by atoms with Crippen molar-refractivity contribution in [3.8, 4) is 0 Å². The zero-order chi connectivity index (χ0) is 17.7. The zero-order valence-corrected chi connectivity index (χ0v) is 14.5. The van der Waals surface area contributed by atoms with Gasteiger partial charge in [-0.2, -0.15) is 0 Å². The third-order valence-electron chi connectivity index (χ3n) is 3.84. The van der Waals surface area contributed by atoms with Gasteiger partial charge in [0.05, 0.1) is 5.56 Å². The third kappa shape index (κ3) is 5.22. The lowest BCUT2D eigenvalue weighted by atomic mass is 9.98. The quantitative estimate of drug-likeness (QED) is 0.922. The molecule has 24 heavy (non-hydrogen) atoms. The van der Waals surface area contributed by atoms with E-state index in [0.717, 1.165) is 12.8 Å². The Labute approximate surface area is 142 Å². The Morgan fingerprint density at radius 2 is 2.04 bits per heavy atom. The predicted molar refractivity (Wildman–Crippen MR) is 89.3 cm³/mol. The highest BCUT2D eigenvalue weighted by Gasteiger charge is 2.27. The van der Waals surface area contributed by atoms with Crippen LogP contribution in [0.1, 0.15) is 44.0 Å². The minimum absolute atomic E-state index is 0.0392. The molecule has 0 radical (unpaired) electrons. The fraction of sp³-hybridized carbons (Fsp3) is 0.556. The van der Waals surface area contributed by atoms with E-state index >= 15 is 0 Å². The first kappa shape index (κ1) is 18.2. The Kier molecular flexibility index (Phi) is 5.80. The molecule has 1 saturated heterocycles. The third-order valence-corrected chi connectivity index (χ3v) is 3.84. The zero-order valence-electron chi connectivity index (χ0n) is 14.5. The van der Waals surface area contributed by atoms with Crippen molar-refractivity contribution in [2.75, 3.05) is 19.6 Å². The number of nitrogens with one attached hydrogen (secondary N) is 1. The summed E-state index contributed by atoms with van der Waals surface area (Å²) in [7, 11) is 0. The van der Waals surface area contributed by atoms with Crippen LogP contribution in [-0.4, -0.2) is 42.1 Å². The van der Waals surface area contributed by atoms with Crippen LogP contribution in [-0.2, 0) is 4.74 Å². The van der Waals surface area contributed by atoms with Gasteiger partial charge in [0, 0.05) is 19.6 Å². The van der Waals surface area contributed by atoms with E-state index in [1.54, 1.807) is 17.0 Å². The van der Waals surface area contributed by atoms with Gasteiger partial charge in [-0.3, -0.25) is 4.79 Å². The summed E-state index contributed by atoms with van der Waals surface area (Å²) in [6.45, 7) is 7.11. The van der Waals surface area contributed by atoms with Crippen molar-refractivity contribution in [2.24, 2.45) is 5.92 Å². The second kappa shape index (κ2) is 7.64. The number of likely N-dealkylation sites (tertiary alicyclic amines) is 1. The highest BCUT2D eigenvalue weighted by Crippen LogP contribution is 2.19. The molecule has 5 nitrogen and oxygen atoms in total. The number of piperidine rings is 1. The lowest BCUT2D eigenvalue weighted by Gasteiger charge is -2.34. The summed E-state index contributed by atoms with van der Waals surface area (Å²) in [4.78, 5) is 25.9. The van der Waals surface area contributed by atoms with Gasteiger partial charge in [0.2, 0.25) is 0 Å². The van der Waals surface area contributed by atoms with E-state index in [1.165, 1.54) is 12.1 Å². The highest BCUT2D eigenvalue weighted by atomic mass is 19.1. The number of nitrogens with zero attached hydrogens (tertiary/aromatic N) is 1. The molecule has 0 aliphatic carbocycles. The molecule has 132 valence electrons. The molecule has 1 aromatic rings. The Morgan fingerprint density at radius 1 is 1.33 bits per heavy atom. The summed E-state index contributed by atoms with van der Waals surface area (Å²) in [6.07, 6.45) is 1.45. The molecule has 0 unspecified atom stereocenters. The van der Waals surface area contributed by atoms with Crippen molar-refractivity contribution in [2.45, 2.75) is 39.2 Å².